The second kappa shape index (κ2) is 7.55. The number of hydrogen-bond donors (Lipinski definition) is 2. The van der Waals surface area contributed by atoms with Crippen LogP contribution in [0.3, 0.4) is 0 Å². The number of imidazole rings is 1. The second-order valence-corrected chi connectivity index (χ2v) is 5.66. The molecule has 1 heterocycles. The molecular formula is C14H17F2N3O2S. The Hall–Kier alpha value is -1.67. The molecule has 5 nitrogen and oxygen atoms in total. The van der Waals surface area contributed by atoms with Gasteiger partial charge in [0.05, 0.1) is 23.7 Å². The maximum Gasteiger partial charge on any atom is 0.291 e. The number of para-hydroxylation sites is 2. The van der Waals surface area contributed by atoms with Crippen LogP contribution >= 0.6 is 11.8 Å². The van der Waals surface area contributed by atoms with Gasteiger partial charge in [0.25, 0.3) is 5.76 Å². The van der Waals surface area contributed by atoms with Gasteiger partial charge in [-0.2, -0.15) is 8.78 Å². The summed E-state index contributed by atoms with van der Waals surface area (Å²) in [6, 6.07) is 6.62. The zero-order chi connectivity index (χ0) is 16.1. The maximum absolute atomic E-state index is 12.7. The molecule has 0 aliphatic carbocycles. The molecule has 0 bridgehead atoms. The lowest BCUT2D eigenvalue weighted by molar-refractivity contribution is -0.122. The van der Waals surface area contributed by atoms with E-state index in [-0.39, 0.29) is 30.3 Å². The number of aromatic nitrogens is 2. The molecule has 2 N–H and O–H groups in total. The van der Waals surface area contributed by atoms with E-state index in [4.69, 9.17) is 5.11 Å². The summed E-state index contributed by atoms with van der Waals surface area (Å²) in [5.74, 6) is -2.96. The second-order valence-electron chi connectivity index (χ2n) is 4.70. The molecule has 0 saturated heterocycles. The summed E-state index contributed by atoms with van der Waals surface area (Å²) in [4.78, 5) is 16.2. The van der Waals surface area contributed by atoms with Crippen LogP contribution in [0.2, 0.25) is 0 Å². The number of rotatable bonds is 7. The predicted molar refractivity (Wildman–Crippen MR) is 80.9 cm³/mol. The number of alkyl halides is 2. The summed E-state index contributed by atoms with van der Waals surface area (Å²) in [5.41, 5.74) is 1.19. The molecule has 0 fully saturated rings. The zero-order valence-electron chi connectivity index (χ0n) is 12.0. The van der Waals surface area contributed by atoms with E-state index in [9.17, 15) is 13.6 Å². The van der Waals surface area contributed by atoms with Crippen LogP contribution in [0, 0.1) is 0 Å². The van der Waals surface area contributed by atoms with Gasteiger partial charge in [0, 0.05) is 0 Å². The van der Waals surface area contributed by atoms with E-state index >= 15 is 0 Å². The van der Waals surface area contributed by atoms with Gasteiger partial charge in [0.1, 0.15) is 6.54 Å². The Labute approximate surface area is 130 Å². The highest BCUT2D eigenvalue weighted by Crippen LogP contribution is 2.28. The third-order valence-electron chi connectivity index (χ3n) is 3.19. The van der Waals surface area contributed by atoms with Crippen molar-refractivity contribution in [3.05, 3.63) is 24.3 Å². The number of hydrogen-bond acceptors (Lipinski definition) is 4. The molecule has 1 amide bonds. The minimum Gasteiger partial charge on any atom is -0.394 e. The van der Waals surface area contributed by atoms with E-state index < -0.39 is 5.76 Å². The van der Waals surface area contributed by atoms with Crippen LogP contribution in [0.5, 0.6) is 0 Å². The van der Waals surface area contributed by atoms with Gasteiger partial charge in [-0.1, -0.05) is 19.1 Å². The van der Waals surface area contributed by atoms with Gasteiger partial charge in [-0.05, 0) is 30.3 Å². The quantitative estimate of drug-likeness (QED) is 0.765. The predicted octanol–water partition coefficient (Wildman–Crippen LogP) is 2.24. The molecule has 0 spiro atoms. The monoisotopic (exact) mass is 329 g/mol. The summed E-state index contributed by atoms with van der Waals surface area (Å²) in [5, 5.41) is 11.9. The van der Waals surface area contributed by atoms with Crippen molar-refractivity contribution in [3.63, 3.8) is 0 Å². The van der Waals surface area contributed by atoms with E-state index in [1.165, 1.54) is 4.57 Å². The number of thioether (sulfide) groups is 1. The molecule has 120 valence electrons. The topological polar surface area (TPSA) is 67.2 Å². The first kappa shape index (κ1) is 16.7. The van der Waals surface area contributed by atoms with E-state index in [0.29, 0.717) is 29.2 Å². The molecule has 0 aliphatic heterocycles. The fourth-order valence-corrected chi connectivity index (χ4v) is 2.67. The number of amides is 1. The van der Waals surface area contributed by atoms with Crippen LogP contribution in [0.4, 0.5) is 8.78 Å². The van der Waals surface area contributed by atoms with Crippen LogP contribution in [0.1, 0.15) is 13.3 Å². The molecule has 0 aliphatic rings. The Morgan fingerprint density at radius 3 is 2.82 bits per heavy atom. The Kier molecular flexibility index (Phi) is 5.73. The van der Waals surface area contributed by atoms with Crippen molar-refractivity contribution in [1.29, 1.82) is 0 Å². The van der Waals surface area contributed by atoms with Crippen molar-refractivity contribution < 1.29 is 18.7 Å². The molecular weight excluding hydrogens is 312 g/mol. The summed E-state index contributed by atoms with van der Waals surface area (Å²) in [6.45, 7) is 1.56. The summed E-state index contributed by atoms with van der Waals surface area (Å²) in [6.07, 6.45) is 0.589. The fourth-order valence-electron chi connectivity index (χ4n) is 2.07. The molecule has 1 aromatic heterocycles. The highest BCUT2D eigenvalue weighted by Gasteiger charge is 2.18. The summed E-state index contributed by atoms with van der Waals surface area (Å²) in [7, 11) is 0. The Bertz CT molecular complexity index is 644. The minimum atomic E-state index is -2.61. The van der Waals surface area contributed by atoms with Crippen molar-refractivity contribution in [2.24, 2.45) is 0 Å². The van der Waals surface area contributed by atoms with Crippen molar-refractivity contribution in [2.75, 3.05) is 6.61 Å². The Morgan fingerprint density at radius 2 is 2.18 bits per heavy atom. The smallest absolute Gasteiger partial charge is 0.291 e. The lowest BCUT2D eigenvalue weighted by Crippen LogP contribution is -2.38. The van der Waals surface area contributed by atoms with E-state index in [0.717, 1.165) is 0 Å². The molecule has 1 unspecified atom stereocenters. The summed E-state index contributed by atoms with van der Waals surface area (Å²) < 4.78 is 26.8. The largest absolute Gasteiger partial charge is 0.394 e. The highest BCUT2D eigenvalue weighted by molar-refractivity contribution is 7.99. The third kappa shape index (κ3) is 3.95. The van der Waals surface area contributed by atoms with Gasteiger partial charge in [-0.25, -0.2) is 4.98 Å². The first-order valence-corrected chi connectivity index (χ1v) is 7.73. The third-order valence-corrected chi connectivity index (χ3v) is 3.89. The van der Waals surface area contributed by atoms with Crippen molar-refractivity contribution >= 4 is 28.7 Å². The van der Waals surface area contributed by atoms with Gasteiger partial charge in [-0.3, -0.25) is 4.79 Å². The normalized spacial score (nSPS) is 12.8. The first-order valence-electron chi connectivity index (χ1n) is 6.85. The first-order chi connectivity index (χ1) is 10.5. The fraction of sp³-hybridized carbons (Fsp3) is 0.429. The SMILES string of the molecule is CCC(CO)NC(=O)Cn1c(SC(F)F)nc2ccccc21. The number of carbonyl (C=O) groups excluding carboxylic acids is 1. The van der Waals surface area contributed by atoms with Gasteiger partial charge in [0.15, 0.2) is 5.16 Å². The number of carbonyl (C=O) groups is 1. The van der Waals surface area contributed by atoms with Crippen molar-refractivity contribution in [2.45, 2.75) is 36.8 Å². The van der Waals surface area contributed by atoms with Crippen LogP contribution in [0.25, 0.3) is 11.0 Å². The number of aliphatic hydroxyl groups is 1. The van der Waals surface area contributed by atoms with Gasteiger partial charge >= 0.3 is 0 Å². The minimum absolute atomic E-state index is 0.100. The number of aliphatic hydroxyl groups excluding tert-OH is 1. The standard InChI is InChI=1S/C14H17F2N3O2S/c1-2-9(8-20)17-12(21)7-19-11-6-4-3-5-10(11)18-14(19)22-13(15)16/h3-6,9,13,20H,2,7-8H2,1H3,(H,17,21). The van der Waals surface area contributed by atoms with Crippen LogP contribution in [0.15, 0.2) is 29.4 Å². The van der Waals surface area contributed by atoms with Crippen LogP contribution < -0.4 is 5.32 Å². The highest BCUT2D eigenvalue weighted by atomic mass is 32.2. The molecule has 2 rings (SSSR count). The number of nitrogens with zero attached hydrogens (tertiary/aromatic N) is 2. The number of nitrogens with one attached hydrogen (secondary N) is 1. The zero-order valence-corrected chi connectivity index (χ0v) is 12.8. The molecule has 1 aromatic carbocycles. The van der Waals surface area contributed by atoms with Gasteiger partial charge in [-0.15, -0.1) is 0 Å². The molecule has 1 atom stereocenters. The van der Waals surface area contributed by atoms with Crippen molar-refractivity contribution in [1.82, 2.24) is 14.9 Å². The Balaban J connectivity index is 2.26. The van der Waals surface area contributed by atoms with Gasteiger partial charge in [0.2, 0.25) is 5.91 Å². The Morgan fingerprint density at radius 1 is 1.45 bits per heavy atom. The average molecular weight is 329 g/mol. The molecule has 22 heavy (non-hydrogen) atoms. The molecule has 2 aromatic rings. The molecule has 0 saturated carbocycles. The van der Waals surface area contributed by atoms with Gasteiger partial charge < -0.3 is 15.0 Å². The van der Waals surface area contributed by atoms with Crippen LogP contribution in [-0.4, -0.2) is 39.0 Å². The number of halogens is 2. The maximum atomic E-state index is 12.7. The van der Waals surface area contributed by atoms with E-state index in [1.807, 2.05) is 6.92 Å². The number of benzene rings is 1. The van der Waals surface area contributed by atoms with E-state index in [2.05, 4.69) is 10.3 Å². The lowest BCUT2D eigenvalue weighted by atomic mass is 10.2. The number of fused-ring (bicyclic) bond motifs is 1. The summed E-state index contributed by atoms with van der Waals surface area (Å²) >= 11 is 0.312. The van der Waals surface area contributed by atoms with Crippen molar-refractivity contribution in [3.8, 4) is 0 Å². The molecule has 8 heteroatoms. The van der Waals surface area contributed by atoms with E-state index in [1.54, 1.807) is 24.3 Å². The van der Waals surface area contributed by atoms with Crippen LogP contribution in [-0.2, 0) is 11.3 Å². The molecule has 0 radical (unpaired) electrons. The average Bonchev–Trinajstić information content (AvgIpc) is 2.82. The lowest BCUT2D eigenvalue weighted by Gasteiger charge is -2.15.